The zero-order chi connectivity index (χ0) is 22.6. The van der Waals surface area contributed by atoms with Crippen LogP contribution < -0.4 is 21.5 Å². The summed E-state index contributed by atoms with van der Waals surface area (Å²) >= 11 is 5.84. The van der Waals surface area contributed by atoms with Crippen LogP contribution in [0, 0.1) is 6.92 Å². The highest BCUT2D eigenvalue weighted by atomic mass is 35.5. The molecule has 0 spiro atoms. The Labute approximate surface area is 185 Å². The molecule has 0 aliphatic heterocycles. The summed E-state index contributed by atoms with van der Waals surface area (Å²) in [6.45, 7) is 2.66. The van der Waals surface area contributed by atoms with Crippen LogP contribution in [0.15, 0.2) is 42.6 Å². The maximum atomic E-state index is 12.1. The predicted octanol–water partition coefficient (Wildman–Crippen LogP) is 3.17. The Morgan fingerprint density at radius 1 is 1.10 bits per heavy atom. The number of carboxylic acids is 1. The lowest BCUT2D eigenvalue weighted by Crippen LogP contribution is -2.48. The molecule has 2 aromatic rings. The number of aliphatic carboxylic acids is 1. The minimum atomic E-state index is -1.07. The zero-order valence-corrected chi connectivity index (χ0v) is 17.9. The van der Waals surface area contributed by atoms with Gasteiger partial charge in [0, 0.05) is 24.2 Å². The van der Waals surface area contributed by atoms with Crippen LogP contribution in [0.4, 0.5) is 10.6 Å². The number of carbonyl (C=O) groups excluding carboxylic acids is 2. The van der Waals surface area contributed by atoms with Crippen molar-refractivity contribution in [1.82, 2.24) is 21.2 Å². The second kappa shape index (κ2) is 12.4. The number of carbonyl (C=O) groups is 3. The maximum Gasteiger partial charge on any atom is 0.333 e. The van der Waals surface area contributed by atoms with Crippen molar-refractivity contribution in [3.8, 4) is 0 Å². The molecule has 1 aromatic heterocycles. The fourth-order valence-corrected chi connectivity index (χ4v) is 2.89. The third-order valence-electron chi connectivity index (χ3n) is 4.32. The first-order chi connectivity index (χ1) is 14.8. The van der Waals surface area contributed by atoms with E-state index < -0.39 is 18.0 Å². The molecule has 9 nitrogen and oxygen atoms in total. The first-order valence-corrected chi connectivity index (χ1v) is 10.2. The van der Waals surface area contributed by atoms with Gasteiger partial charge in [0.2, 0.25) is 5.91 Å². The van der Waals surface area contributed by atoms with Gasteiger partial charge in [-0.05, 0) is 55.2 Å². The average molecular weight is 448 g/mol. The fourth-order valence-electron chi connectivity index (χ4n) is 2.77. The van der Waals surface area contributed by atoms with Crippen LogP contribution >= 0.6 is 11.6 Å². The average Bonchev–Trinajstić information content (AvgIpc) is 2.72. The Bertz CT molecular complexity index is 892. The number of hydrogen-bond acceptors (Lipinski definition) is 5. The van der Waals surface area contributed by atoms with Gasteiger partial charge in [-0.1, -0.05) is 23.7 Å². The van der Waals surface area contributed by atoms with Gasteiger partial charge in [0.15, 0.2) is 0 Å². The highest BCUT2D eigenvalue weighted by molar-refractivity contribution is 6.30. The minimum Gasteiger partial charge on any atom is -0.481 e. The standard InChI is InChI=1S/C21H26ClN5O4/c1-14-9-11-24-18(12-14)23-10-3-2-4-19(28)26-27-21(31)25-17(13-20(29)30)15-5-7-16(22)8-6-15/h5-9,11-12,17H,2-4,10,13H2,1H3,(H,23,24)(H,26,28)(H,29,30)(H2,25,27,31). The number of aryl methyl sites for hydroxylation is 1. The van der Waals surface area contributed by atoms with Crippen LogP contribution in [0.1, 0.15) is 42.9 Å². The molecular formula is C21H26ClN5O4. The van der Waals surface area contributed by atoms with Gasteiger partial charge in [-0.3, -0.25) is 15.0 Å². The Hall–Kier alpha value is -3.33. The number of rotatable bonds is 10. The minimum absolute atomic E-state index is 0.235. The Morgan fingerprint density at radius 3 is 2.52 bits per heavy atom. The number of carboxylic acid groups (broad SMARTS) is 1. The van der Waals surface area contributed by atoms with Crippen molar-refractivity contribution < 1.29 is 19.5 Å². The van der Waals surface area contributed by atoms with Gasteiger partial charge < -0.3 is 15.7 Å². The van der Waals surface area contributed by atoms with Crippen LogP contribution in [0.5, 0.6) is 0 Å². The molecule has 2 rings (SSSR count). The van der Waals surface area contributed by atoms with Crippen LogP contribution in [-0.4, -0.2) is 34.5 Å². The van der Waals surface area contributed by atoms with Gasteiger partial charge >= 0.3 is 12.0 Å². The quantitative estimate of drug-likeness (QED) is 0.280. The van der Waals surface area contributed by atoms with Gasteiger partial charge in [-0.2, -0.15) is 0 Å². The first-order valence-electron chi connectivity index (χ1n) is 9.82. The van der Waals surface area contributed by atoms with E-state index in [0.29, 0.717) is 23.6 Å². The number of aromatic nitrogens is 1. The van der Waals surface area contributed by atoms with Crippen molar-refractivity contribution in [1.29, 1.82) is 0 Å². The Balaban J connectivity index is 1.68. The zero-order valence-electron chi connectivity index (χ0n) is 17.2. The monoisotopic (exact) mass is 447 g/mol. The molecule has 1 unspecified atom stereocenters. The van der Waals surface area contributed by atoms with Crippen molar-refractivity contribution >= 4 is 35.3 Å². The molecule has 0 aliphatic carbocycles. The molecule has 0 saturated heterocycles. The fraction of sp³-hybridized carbons (Fsp3) is 0.333. The number of benzene rings is 1. The lowest BCUT2D eigenvalue weighted by atomic mass is 10.0. The molecule has 1 atom stereocenters. The van der Waals surface area contributed by atoms with E-state index in [4.69, 9.17) is 16.7 Å². The molecule has 0 bridgehead atoms. The summed E-state index contributed by atoms with van der Waals surface area (Å²) in [7, 11) is 0. The molecular weight excluding hydrogens is 422 g/mol. The topological polar surface area (TPSA) is 132 Å². The molecule has 166 valence electrons. The van der Waals surface area contributed by atoms with Crippen molar-refractivity contribution in [2.45, 2.75) is 38.6 Å². The first kappa shape index (κ1) is 23.9. The lowest BCUT2D eigenvalue weighted by molar-refractivity contribution is -0.137. The largest absolute Gasteiger partial charge is 0.481 e. The SMILES string of the molecule is Cc1ccnc(NCCCCC(=O)NNC(=O)NC(CC(=O)O)c2ccc(Cl)cc2)c1. The second-order valence-corrected chi connectivity index (χ2v) is 7.39. The van der Waals surface area contributed by atoms with Gasteiger partial charge in [-0.15, -0.1) is 0 Å². The summed E-state index contributed by atoms with van der Waals surface area (Å²) in [5.41, 5.74) is 6.26. The molecule has 0 saturated carbocycles. The van der Waals surface area contributed by atoms with E-state index in [0.717, 1.165) is 17.8 Å². The lowest BCUT2D eigenvalue weighted by Gasteiger charge is -2.18. The molecule has 0 radical (unpaired) electrons. The maximum absolute atomic E-state index is 12.1. The van der Waals surface area contributed by atoms with Crippen LogP contribution in [0.3, 0.4) is 0 Å². The van der Waals surface area contributed by atoms with Gasteiger partial charge in [0.05, 0.1) is 12.5 Å². The molecule has 31 heavy (non-hydrogen) atoms. The molecule has 0 fully saturated rings. The summed E-state index contributed by atoms with van der Waals surface area (Å²) in [6, 6.07) is 8.86. The van der Waals surface area contributed by atoms with E-state index in [1.54, 1.807) is 30.5 Å². The van der Waals surface area contributed by atoms with Crippen LogP contribution in [-0.2, 0) is 9.59 Å². The molecule has 10 heteroatoms. The predicted molar refractivity (Wildman–Crippen MR) is 118 cm³/mol. The summed E-state index contributed by atoms with van der Waals surface area (Å²) in [4.78, 5) is 39.3. The van der Waals surface area contributed by atoms with Crippen LogP contribution in [0.25, 0.3) is 0 Å². The van der Waals surface area contributed by atoms with E-state index in [2.05, 4.69) is 26.5 Å². The number of unbranched alkanes of at least 4 members (excludes halogenated alkanes) is 1. The number of amides is 3. The van der Waals surface area contributed by atoms with Crippen molar-refractivity contribution in [3.63, 3.8) is 0 Å². The number of pyridine rings is 1. The molecule has 0 aliphatic rings. The number of anilines is 1. The molecule has 5 N–H and O–H groups in total. The van der Waals surface area contributed by atoms with Crippen molar-refractivity contribution in [3.05, 3.63) is 58.7 Å². The van der Waals surface area contributed by atoms with E-state index in [1.165, 1.54) is 0 Å². The number of hydrogen-bond donors (Lipinski definition) is 5. The number of hydrazine groups is 1. The van der Waals surface area contributed by atoms with E-state index >= 15 is 0 Å². The van der Waals surface area contributed by atoms with Gasteiger partial charge in [0.25, 0.3) is 0 Å². The van der Waals surface area contributed by atoms with E-state index in [-0.39, 0.29) is 18.7 Å². The molecule has 1 heterocycles. The van der Waals surface area contributed by atoms with Crippen LogP contribution in [0.2, 0.25) is 5.02 Å². The number of nitrogens with zero attached hydrogens (tertiary/aromatic N) is 1. The van der Waals surface area contributed by atoms with Crippen molar-refractivity contribution in [2.75, 3.05) is 11.9 Å². The summed E-state index contributed by atoms with van der Waals surface area (Å²) in [5.74, 6) is -0.622. The summed E-state index contributed by atoms with van der Waals surface area (Å²) < 4.78 is 0. The number of nitrogens with one attached hydrogen (secondary N) is 4. The number of halogens is 1. The van der Waals surface area contributed by atoms with E-state index in [1.807, 2.05) is 19.1 Å². The highest BCUT2D eigenvalue weighted by Gasteiger charge is 2.18. The van der Waals surface area contributed by atoms with E-state index in [9.17, 15) is 14.4 Å². The summed E-state index contributed by atoms with van der Waals surface area (Å²) in [5, 5.41) is 15.3. The third kappa shape index (κ3) is 9.35. The van der Waals surface area contributed by atoms with Gasteiger partial charge in [-0.25, -0.2) is 15.2 Å². The second-order valence-electron chi connectivity index (χ2n) is 6.95. The Morgan fingerprint density at radius 2 is 1.84 bits per heavy atom. The van der Waals surface area contributed by atoms with Crippen molar-refractivity contribution in [2.24, 2.45) is 0 Å². The third-order valence-corrected chi connectivity index (χ3v) is 4.58. The normalized spacial score (nSPS) is 11.3. The Kier molecular flexibility index (Phi) is 9.57. The number of urea groups is 1. The van der Waals surface area contributed by atoms with Gasteiger partial charge in [0.1, 0.15) is 5.82 Å². The highest BCUT2D eigenvalue weighted by Crippen LogP contribution is 2.19. The molecule has 1 aromatic carbocycles. The summed E-state index contributed by atoms with van der Waals surface area (Å²) in [6.07, 6.45) is 3.04. The molecule has 3 amide bonds. The smallest absolute Gasteiger partial charge is 0.333 e.